The molecule has 0 bridgehead atoms. The summed E-state index contributed by atoms with van der Waals surface area (Å²) in [7, 11) is 1.95. The van der Waals surface area contributed by atoms with Crippen LogP contribution in [0.4, 0.5) is 0 Å². The van der Waals surface area contributed by atoms with Crippen LogP contribution in [0.2, 0.25) is 0 Å². The molecule has 0 spiro atoms. The normalized spacial score (nSPS) is 19.1. The van der Waals surface area contributed by atoms with E-state index in [1.165, 1.54) is 4.88 Å². The molecule has 0 unspecified atom stereocenters. The third-order valence-corrected chi connectivity index (χ3v) is 6.73. The highest BCUT2D eigenvalue weighted by Crippen LogP contribution is 2.26. The van der Waals surface area contributed by atoms with Gasteiger partial charge in [-0.2, -0.15) is 0 Å². The number of nitrogens with one attached hydrogen (secondary N) is 1. The number of carbonyl (C=O) groups is 2. The molecule has 0 radical (unpaired) electrons. The molecule has 2 aromatic heterocycles. The van der Waals surface area contributed by atoms with E-state index in [-0.39, 0.29) is 23.8 Å². The molecule has 158 valence electrons. The van der Waals surface area contributed by atoms with Gasteiger partial charge in [-0.05, 0) is 56.9 Å². The van der Waals surface area contributed by atoms with Crippen LogP contribution in [0.3, 0.4) is 0 Å². The van der Waals surface area contributed by atoms with Crippen LogP contribution in [0.5, 0.6) is 0 Å². The van der Waals surface area contributed by atoms with Crippen molar-refractivity contribution in [1.29, 1.82) is 0 Å². The fraction of sp³-hybridized carbons (Fsp3) is 0.591. The third kappa shape index (κ3) is 6.16. The van der Waals surface area contributed by atoms with Crippen LogP contribution in [0, 0.1) is 5.92 Å². The van der Waals surface area contributed by atoms with Crippen LogP contribution < -0.4 is 5.32 Å². The molecule has 1 aliphatic rings. The Hall–Kier alpha value is -2.15. The van der Waals surface area contributed by atoms with E-state index in [1.807, 2.05) is 29.6 Å². The Balaban J connectivity index is 1.39. The molecule has 0 aromatic carbocycles. The van der Waals surface area contributed by atoms with Gasteiger partial charge in [-0.1, -0.05) is 6.07 Å². The van der Waals surface area contributed by atoms with E-state index >= 15 is 0 Å². The number of aromatic nitrogens is 2. The topological polar surface area (TPSA) is 67.2 Å². The zero-order chi connectivity index (χ0) is 20.6. The largest absolute Gasteiger partial charge is 0.353 e. The van der Waals surface area contributed by atoms with Gasteiger partial charge in [-0.3, -0.25) is 9.59 Å². The van der Waals surface area contributed by atoms with Crippen LogP contribution in [0.15, 0.2) is 29.9 Å². The molecule has 29 heavy (non-hydrogen) atoms. The van der Waals surface area contributed by atoms with Gasteiger partial charge in [-0.15, -0.1) is 11.3 Å². The number of thiophene rings is 1. The molecule has 1 saturated carbocycles. The fourth-order valence-electron chi connectivity index (χ4n) is 3.99. The average Bonchev–Trinajstić information content (AvgIpc) is 3.38. The molecule has 0 atom stereocenters. The first kappa shape index (κ1) is 21.6. The highest BCUT2D eigenvalue weighted by atomic mass is 32.1. The zero-order valence-electron chi connectivity index (χ0n) is 17.5. The van der Waals surface area contributed by atoms with Gasteiger partial charge in [-0.25, -0.2) is 4.98 Å². The highest BCUT2D eigenvalue weighted by Gasteiger charge is 2.30. The van der Waals surface area contributed by atoms with Crippen LogP contribution in [-0.4, -0.2) is 38.9 Å². The van der Waals surface area contributed by atoms with Crippen LogP contribution in [0.1, 0.15) is 56.2 Å². The number of imidazole rings is 1. The van der Waals surface area contributed by atoms with Gasteiger partial charge in [0.1, 0.15) is 5.82 Å². The first-order valence-electron chi connectivity index (χ1n) is 10.6. The molecular weight excluding hydrogens is 384 g/mol. The Morgan fingerprint density at radius 3 is 2.72 bits per heavy atom. The Bertz CT molecular complexity index is 779. The number of hydrogen-bond acceptors (Lipinski definition) is 4. The van der Waals surface area contributed by atoms with Crippen molar-refractivity contribution in [2.75, 3.05) is 6.54 Å². The Morgan fingerprint density at radius 1 is 1.31 bits per heavy atom. The minimum Gasteiger partial charge on any atom is -0.353 e. The van der Waals surface area contributed by atoms with Gasteiger partial charge < -0.3 is 14.8 Å². The Kier molecular flexibility index (Phi) is 7.86. The molecule has 7 heteroatoms. The first-order chi connectivity index (χ1) is 14.1. The monoisotopic (exact) mass is 416 g/mol. The number of aryl methyl sites for hydroxylation is 2. The van der Waals surface area contributed by atoms with Crippen molar-refractivity contribution in [2.45, 2.75) is 64.5 Å². The van der Waals surface area contributed by atoms with Gasteiger partial charge >= 0.3 is 0 Å². The van der Waals surface area contributed by atoms with Crippen molar-refractivity contribution in [3.63, 3.8) is 0 Å². The summed E-state index contributed by atoms with van der Waals surface area (Å²) < 4.78 is 1.96. The molecule has 6 nitrogen and oxygen atoms in total. The maximum Gasteiger partial charge on any atom is 0.226 e. The Labute approximate surface area is 177 Å². The SMILES string of the molecule is CCN(Cc1nccn1C)C(=O)C1CCC(NC(=O)CCCc2cccs2)CC1. The molecule has 2 amide bonds. The van der Waals surface area contributed by atoms with Crippen LogP contribution in [0.25, 0.3) is 0 Å². The van der Waals surface area contributed by atoms with Crippen molar-refractivity contribution in [3.05, 3.63) is 40.6 Å². The zero-order valence-corrected chi connectivity index (χ0v) is 18.3. The summed E-state index contributed by atoms with van der Waals surface area (Å²) in [5.41, 5.74) is 0. The molecule has 0 saturated heterocycles. The standard InChI is InChI=1S/C22H32N4O2S/c1-3-26(16-20-23-13-14-25(20)2)22(28)17-9-11-18(12-10-17)24-21(27)8-4-6-19-7-5-15-29-19/h5,7,13-15,17-18H,3-4,6,8-12,16H2,1-2H3,(H,24,27). The number of rotatable bonds is 9. The lowest BCUT2D eigenvalue weighted by Crippen LogP contribution is -2.42. The smallest absolute Gasteiger partial charge is 0.226 e. The third-order valence-electron chi connectivity index (χ3n) is 5.80. The highest BCUT2D eigenvalue weighted by molar-refractivity contribution is 7.09. The lowest BCUT2D eigenvalue weighted by molar-refractivity contribution is -0.137. The predicted molar refractivity (Wildman–Crippen MR) is 115 cm³/mol. The average molecular weight is 417 g/mol. The molecule has 2 heterocycles. The summed E-state index contributed by atoms with van der Waals surface area (Å²) in [6.07, 6.45) is 9.55. The fourth-order valence-corrected chi connectivity index (χ4v) is 4.74. The molecule has 1 fully saturated rings. The van der Waals surface area contributed by atoms with Crippen LogP contribution in [-0.2, 0) is 29.6 Å². The van der Waals surface area contributed by atoms with Crippen molar-refractivity contribution >= 4 is 23.2 Å². The van der Waals surface area contributed by atoms with Gasteiger partial charge in [0.15, 0.2) is 0 Å². The van der Waals surface area contributed by atoms with Gasteiger partial charge in [0, 0.05) is 49.2 Å². The van der Waals surface area contributed by atoms with Crippen molar-refractivity contribution in [1.82, 2.24) is 19.8 Å². The van der Waals surface area contributed by atoms with E-state index in [0.717, 1.165) is 44.3 Å². The van der Waals surface area contributed by atoms with E-state index in [9.17, 15) is 9.59 Å². The van der Waals surface area contributed by atoms with Crippen molar-refractivity contribution < 1.29 is 9.59 Å². The number of amides is 2. The van der Waals surface area contributed by atoms with E-state index in [2.05, 4.69) is 27.8 Å². The Morgan fingerprint density at radius 2 is 2.10 bits per heavy atom. The molecule has 1 N–H and O–H groups in total. The second kappa shape index (κ2) is 10.6. The minimum atomic E-state index is 0.0576. The van der Waals surface area contributed by atoms with Gasteiger partial charge in [0.25, 0.3) is 0 Å². The minimum absolute atomic E-state index is 0.0576. The summed E-state index contributed by atoms with van der Waals surface area (Å²) in [6, 6.07) is 4.38. The maximum absolute atomic E-state index is 13.0. The lowest BCUT2D eigenvalue weighted by atomic mass is 9.85. The van der Waals surface area contributed by atoms with Crippen molar-refractivity contribution in [2.24, 2.45) is 13.0 Å². The molecule has 2 aromatic rings. The first-order valence-corrected chi connectivity index (χ1v) is 11.5. The van der Waals surface area contributed by atoms with Gasteiger partial charge in [0.05, 0.1) is 6.54 Å². The summed E-state index contributed by atoms with van der Waals surface area (Å²) in [5.74, 6) is 1.32. The number of carbonyl (C=O) groups excluding carboxylic acids is 2. The van der Waals surface area contributed by atoms with E-state index in [1.54, 1.807) is 17.5 Å². The van der Waals surface area contributed by atoms with E-state index in [4.69, 9.17) is 0 Å². The van der Waals surface area contributed by atoms with E-state index < -0.39 is 0 Å². The number of hydrogen-bond donors (Lipinski definition) is 1. The van der Waals surface area contributed by atoms with Gasteiger partial charge in [0.2, 0.25) is 11.8 Å². The lowest BCUT2D eigenvalue weighted by Gasteiger charge is -2.32. The second-order valence-electron chi connectivity index (χ2n) is 7.86. The summed E-state index contributed by atoms with van der Waals surface area (Å²) >= 11 is 1.75. The summed E-state index contributed by atoms with van der Waals surface area (Å²) in [5, 5.41) is 5.25. The molecular formula is C22H32N4O2S. The molecule has 0 aliphatic heterocycles. The van der Waals surface area contributed by atoms with E-state index in [0.29, 0.717) is 19.5 Å². The summed E-state index contributed by atoms with van der Waals surface area (Å²) in [6.45, 7) is 3.26. The summed E-state index contributed by atoms with van der Waals surface area (Å²) in [4.78, 5) is 32.8. The molecule has 3 rings (SSSR count). The quantitative estimate of drug-likeness (QED) is 0.680. The van der Waals surface area contributed by atoms with Crippen LogP contribution >= 0.6 is 11.3 Å². The molecule has 1 aliphatic carbocycles. The number of nitrogens with zero attached hydrogens (tertiary/aromatic N) is 3. The maximum atomic E-state index is 13.0. The second-order valence-corrected chi connectivity index (χ2v) is 8.89. The predicted octanol–water partition coefficient (Wildman–Crippen LogP) is 3.53. The van der Waals surface area contributed by atoms with Crippen molar-refractivity contribution in [3.8, 4) is 0 Å².